The lowest BCUT2D eigenvalue weighted by Crippen LogP contribution is -2.70. The number of rotatable bonds is 19. The van der Waals surface area contributed by atoms with Crippen LogP contribution >= 0.6 is 11.3 Å². The maximum Gasteiger partial charge on any atom is 0.455 e. The van der Waals surface area contributed by atoms with Crippen LogP contribution in [0.1, 0.15) is 261 Å². The molecule has 7 aromatic rings. The number of piperazine rings is 7. The first-order valence-corrected chi connectivity index (χ1v) is 52.4. The van der Waals surface area contributed by atoms with Gasteiger partial charge in [0.25, 0.3) is 5.82 Å². The average Bonchev–Trinajstić information content (AvgIpc) is 1.43. The number of fused-ring (bicyclic) bond motifs is 14. The summed E-state index contributed by atoms with van der Waals surface area (Å²) in [6.07, 6.45) is 9.38. The number of nitrogens with zero attached hydrogens (tertiary/aromatic N) is 25. The SMILES string of the molecule is CC(C)(C)N1CC2CC(C1)N2Cc1nc(C(F)(F)F)cs1.CC(C)(C)N1CC2CC(C1)N2Cc1nc(C(F)(F)F)no1.CC(C)(C)N1CC2CC(C1)N2Cc1ncccn1.CC(C)Oc1ccc(CN2C3CC2CN(C(C)(C)C)C3)cn1.COc1ccc(CN2C3CC2CN(C(C)(C)C)C3)c(OC)n1.COc1cnc(CN2C3CC2CN(C(C)(C)C)C3)cn1.Cc1nnc(CN2C3CC2CN(C(C)(C)C)C3)o1. The van der Waals surface area contributed by atoms with E-state index in [4.69, 9.17) is 27.9 Å². The van der Waals surface area contributed by atoms with Crippen LogP contribution < -0.4 is 18.9 Å². The van der Waals surface area contributed by atoms with Gasteiger partial charge in [0.2, 0.25) is 41.2 Å². The maximum atomic E-state index is 12.6. The topological polar surface area (TPSA) is 250 Å². The van der Waals surface area contributed by atoms with Crippen molar-refractivity contribution in [2.45, 2.75) is 399 Å². The summed E-state index contributed by atoms with van der Waals surface area (Å²) in [5, 5.41) is 12.7. The highest BCUT2D eigenvalue weighted by Gasteiger charge is 2.55. The van der Waals surface area contributed by atoms with Crippen LogP contribution in [-0.2, 0) is 58.2 Å². The van der Waals surface area contributed by atoms with E-state index >= 15 is 0 Å². The van der Waals surface area contributed by atoms with Gasteiger partial charge in [-0.05, 0) is 222 Å². The van der Waals surface area contributed by atoms with Gasteiger partial charge in [0.15, 0.2) is 5.69 Å². The summed E-state index contributed by atoms with van der Waals surface area (Å²) in [7, 11) is 4.91. The first kappa shape index (κ1) is 109. The van der Waals surface area contributed by atoms with Crippen LogP contribution in [0, 0.1) is 6.92 Å². The monoisotopic (exact) mass is 2000 g/mol. The molecule has 17 aliphatic rings. The van der Waals surface area contributed by atoms with Crippen LogP contribution in [0.2, 0.25) is 0 Å². The van der Waals surface area contributed by atoms with E-state index in [1.165, 1.54) is 76.9 Å². The number of hydrogen-bond acceptors (Lipinski definition) is 32. The molecule has 24 heterocycles. The summed E-state index contributed by atoms with van der Waals surface area (Å²) in [4.78, 5) is 68.5. The number of hydrogen-bond donors (Lipinski definition) is 0. The summed E-state index contributed by atoms with van der Waals surface area (Å²) in [5.41, 5.74) is 4.40. The quantitative estimate of drug-likeness (QED) is 0.0682. The predicted molar refractivity (Wildman–Crippen MR) is 537 cm³/mol. The van der Waals surface area contributed by atoms with Gasteiger partial charge in [0, 0.05) is 283 Å². The summed E-state index contributed by atoms with van der Waals surface area (Å²) in [5.74, 6) is 3.80. The highest BCUT2D eigenvalue weighted by molar-refractivity contribution is 7.09. The van der Waals surface area contributed by atoms with Gasteiger partial charge in [-0.15, -0.1) is 21.5 Å². The molecule has 17 fully saturated rings. The van der Waals surface area contributed by atoms with Crippen LogP contribution in [0.4, 0.5) is 26.3 Å². The Labute approximate surface area is 843 Å². The molecule has 24 rings (SSSR count). The van der Waals surface area contributed by atoms with Crippen LogP contribution in [0.15, 0.2) is 75.6 Å². The fourth-order valence-electron chi connectivity index (χ4n) is 22.6. The average molecular weight is 2010 g/mol. The number of likely N-dealkylation sites (tertiary alicyclic amines) is 8. The first-order valence-electron chi connectivity index (χ1n) is 51.5. The molecule has 142 heavy (non-hydrogen) atoms. The molecule has 0 radical (unpaired) electrons. The van der Waals surface area contributed by atoms with E-state index in [0.717, 1.165) is 143 Å². The fourth-order valence-corrected chi connectivity index (χ4v) is 23.5. The summed E-state index contributed by atoms with van der Waals surface area (Å²) in [6.45, 7) is 74.6. The summed E-state index contributed by atoms with van der Waals surface area (Å²) >= 11 is 1.11. The zero-order valence-electron chi connectivity index (χ0n) is 89.6. The van der Waals surface area contributed by atoms with Gasteiger partial charge in [-0.25, -0.2) is 24.9 Å². The molecule has 14 unspecified atom stereocenters. The van der Waals surface area contributed by atoms with Crippen molar-refractivity contribution < 1.29 is 54.2 Å². The second-order valence-electron chi connectivity index (χ2n) is 48.8. The molecule has 0 N–H and O–H groups in total. The van der Waals surface area contributed by atoms with Gasteiger partial charge in [-0.2, -0.15) is 36.3 Å². The smallest absolute Gasteiger partial charge is 0.455 e. The largest absolute Gasteiger partial charge is 0.481 e. The van der Waals surface area contributed by atoms with Crippen molar-refractivity contribution in [1.29, 1.82) is 0 Å². The third-order valence-electron chi connectivity index (χ3n) is 31.5. The Morgan fingerprint density at radius 2 is 0.746 bits per heavy atom. The van der Waals surface area contributed by atoms with Crippen molar-refractivity contribution in [1.82, 2.24) is 124 Å². The lowest BCUT2D eigenvalue weighted by Gasteiger charge is -2.59. The van der Waals surface area contributed by atoms with Crippen molar-refractivity contribution in [3.05, 3.63) is 124 Å². The lowest BCUT2D eigenvalue weighted by atomic mass is 9.84. The number of aryl methyl sites for hydroxylation is 1. The molecular weight excluding hydrogens is 1840 g/mol. The minimum absolute atomic E-state index is 0.0428. The third kappa shape index (κ3) is 26.8. The summed E-state index contributed by atoms with van der Waals surface area (Å²) < 4.78 is 106. The van der Waals surface area contributed by atoms with Gasteiger partial charge in [0.05, 0.1) is 71.7 Å². The van der Waals surface area contributed by atoms with Gasteiger partial charge in [-0.3, -0.25) is 73.6 Å². The van der Waals surface area contributed by atoms with Gasteiger partial charge >= 0.3 is 12.4 Å². The number of methoxy groups -OCH3 is 3. The van der Waals surface area contributed by atoms with E-state index in [1.54, 1.807) is 27.5 Å². The zero-order chi connectivity index (χ0) is 103. The number of piperidine rings is 7. The number of thiazole rings is 1. The second kappa shape index (κ2) is 43.4. The normalized spacial score (nSPS) is 27.5. The Balaban J connectivity index is 0.000000125. The lowest BCUT2D eigenvalue weighted by molar-refractivity contribution is -0.146. The standard InChI is InChI=1S/C18H29N3O.C17H27N3O2.C15H24N4O.C14H20F3N3S.C14H22N4.C13H19F3N4O.C13H22N4O/c1-13(2)22-17-7-6-14(9-19-17)10-21-15-8-16(21)12-20(11-15)18(3,4)5;1-17(2,3)19-10-13-8-14(11-19)20(13)9-12-6-7-15(21-4)18-16(12)22-5;1-15(2,3)18-9-12-5-13(10-18)19(12)8-11-6-17-14(20-4)7-16-11;1-13(2,3)19-5-9-4-10(6-19)20(9)7-12-18-11(8-21-12)14(15,16)17;1-14(2,3)17-8-11-7-12(9-17)18(11)10-13-15-5-4-6-16-13;1-12(2,3)19-5-8-4-9(6-19)20(8)7-10-17-11(18-21-10)13(14,15)16;1-9-14-15-12(18-9)8-17-10-5-11(17)7-16(6-10)13(2,3)4/h6-7,9,13,15-16H,8,10-12H2,1-5H3;6-7,13-14H,8-11H2,1-5H3;6-7,12-13H,5,8-10H2,1-4H3;8-10H,4-7H2,1-3H3;4-6,11-12H,7-10H2,1-3H3;8-9H,4-7H2,1-3H3;10-11H,5-8H2,1-4H3. The van der Waals surface area contributed by atoms with Crippen LogP contribution in [-0.4, -0.2) is 366 Å². The number of ether oxygens (including phenoxy) is 4. The molecule has 7 aromatic heterocycles. The van der Waals surface area contributed by atoms with E-state index in [2.05, 4.69) is 281 Å². The van der Waals surface area contributed by atoms with Gasteiger partial charge in [0.1, 0.15) is 10.8 Å². The highest BCUT2D eigenvalue weighted by Crippen LogP contribution is 2.46. The molecule has 38 heteroatoms. The van der Waals surface area contributed by atoms with E-state index in [1.807, 2.05) is 63.8 Å². The van der Waals surface area contributed by atoms with Crippen molar-refractivity contribution in [2.24, 2.45) is 0 Å². The molecular formula is C104H163F6N25O6S. The molecule has 14 atom stereocenters. The molecule has 0 aromatic carbocycles. The molecule has 14 bridgehead atoms. The van der Waals surface area contributed by atoms with E-state index in [9.17, 15) is 26.3 Å². The number of halogens is 6. The minimum Gasteiger partial charge on any atom is -0.481 e. The Hall–Kier alpha value is -7.41. The van der Waals surface area contributed by atoms with Crippen molar-refractivity contribution in [2.75, 3.05) is 113 Å². The highest BCUT2D eigenvalue weighted by atomic mass is 32.1. The van der Waals surface area contributed by atoms with Crippen LogP contribution in [0.3, 0.4) is 0 Å². The zero-order valence-corrected chi connectivity index (χ0v) is 90.4. The second-order valence-corrected chi connectivity index (χ2v) is 49.7. The number of pyridine rings is 2. The predicted octanol–water partition coefficient (Wildman–Crippen LogP) is 15.0. The molecule has 0 aliphatic carbocycles. The number of aromatic nitrogens is 11. The number of alkyl halides is 6. The maximum absolute atomic E-state index is 12.6. The molecule has 0 saturated carbocycles. The van der Waals surface area contributed by atoms with Crippen molar-refractivity contribution >= 4 is 11.3 Å². The molecule has 17 saturated heterocycles. The molecule has 788 valence electrons. The Bertz CT molecular complexity index is 5020. The molecule has 31 nitrogen and oxygen atoms in total. The third-order valence-corrected chi connectivity index (χ3v) is 32.3. The van der Waals surface area contributed by atoms with Gasteiger partial charge in [-0.1, -0.05) is 11.2 Å². The van der Waals surface area contributed by atoms with E-state index in [0.29, 0.717) is 137 Å². The minimum atomic E-state index is -4.55. The van der Waals surface area contributed by atoms with E-state index < -0.39 is 23.9 Å². The first-order chi connectivity index (χ1) is 66.5. The Morgan fingerprint density at radius 1 is 0.373 bits per heavy atom. The van der Waals surface area contributed by atoms with Crippen molar-refractivity contribution in [3.8, 4) is 23.5 Å². The van der Waals surface area contributed by atoms with E-state index in [-0.39, 0.29) is 39.7 Å². The van der Waals surface area contributed by atoms with Crippen LogP contribution in [0.25, 0.3) is 0 Å². The van der Waals surface area contributed by atoms with Gasteiger partial charge < -0.3 is 27.9 Å². The molecule has 0 spiro atoms. The Morgan fingerprint density at radius 3 is 1.08 bits per heavy atom. The molecule has 0 amide bonds. The molecule has 17 aliphatic heterocycles. The summed E-state index contributed by atoms with van der Waals surface area (Å²) in [6, 6.07) is 18.5. The van der Waals surface area contributed by atoms with Crippen LogP contribution in [0.5, 0.6) is 23.5 Å². The Kier molecular flexibility index (Phi) is 33.3. The fraction of sp³-hybridized carbons (Fsp3) is 0.760. The van der Waals surface area contributed by atoms with Crippen molar-refractivity contribution in [3.63, 3.8) is 0 Å².